The Bertz CT molecular complexity index is 1210. The number of benzene rings is 3. The van der Waals surface area contributed by atoms with Gasteiger partial charge in [0.1, 0.15) is 0 Å². The summed E-state index contributed by atoms with van der Waals surface area (Å²) in [6.07, 6.45) is 0.865. The molecule has 6 nitrogen and oxygen atoms in total. The minimum Gasteiger partial charge on any atom is -0.352 e. The van der Waals surface area contributed by atoms with E-state index in [9.17, 15) is 14.4 Å². The van der Waals surface area contributed by atoms with Gasteiger partial charge in [0.2, 0.25) is 11.8 Å². The molecule has 0 radical (unpaired) electrons. The van der Waals surface area contributed by atoms with Crippen LogP contribution < -0.4 is 15.5 Å². The van der Waals surface area contributed by atoms with Crippen molar-refractivity contribution in [1.82, 2.24) is 5.32 Å². The molecule has 1 saturated heterocycles. The second-order valence-corrected chi connectivity index (χ2v) is 8.65. The van der Waals surface area contributed by atoms with E-state index < -0.39 is 5.92 Å². The maximum atomic E-state index is 13.0. The fourth-order valence-corrected chi connectivity index (χ4v) is 4.23. The number of nitrogens with one attached hydrogen (secondary N) is 2. The summed E-state index contributed by atoms with van der Waals surface area (Å²) < 4.78 is 0. The molecule has 174 valence electrons. The van der Waals surface area contributed by atoms with Gasteiger partial charge in [-0.25, -0.2) is 0 Å². The standard InChI is InChI=1S/C28H29N3O3/c1-19-9-8-14-25(20(19)2)31-18-22(17-26(31)32)27(33)30-24-13-7-6-12-23(24)28(34)29-16-15-21-10-4-3-5-11-21/h3-14,22H,15-18H2,1-2H3,(H,29,34)(H,30,33)/t22-/m0/s1. The van der Waals surface area contributed by atoms with Gasteiger partial charge >= 0.3 is 0 Å². The first-order valence-electron chi connectivity index (χ1n) is 11.5. The second-order valence-electron chi connectivity index (χ2n) is 8.65. The molecule has 4 rings (SSSR count). The first kappa shape index (κ1) is 23.2. The van der Waals surface area contributed by atoms with E-state index in [1.807, 2.05) is 62.4 Å². The number of anilines is 2. The molecule has 0 saturated carbocycles. The van der Waals surface area contributed by atoms with Crippen molar-refractivity contribution < 1.29 is 14.4 Å². The van der Waals surface area contributed by atoms with Gasteiger partial charge in [-0.3, -0.25) is 14.4 Å². The average molecular weight is 456 g/mol. The lowest BCUT2D eigenvalue weighted by molar-refractivity contribution is -0.122. The Morgan fingerprint density at radius 3 is 2.47 bits per heavy atom. The molecule has 0 aliphatic carbocycles. The molecule has 2 N–H and O–H groups in total. The van der Waals surface area contributed by atoms with Gasteiger partial charge in [0, 0.05) is 25.2 Å². The number of carbonyl (C=O) groups excluding carboxylic acids is 3. The molecule has 34 heavy (non-hydrogen) atoms. The highest BCUT2D eigenvalue weighted by atomic mass is 16.2. The SMILES string of the molecule is Cc1cccc(N2C[C@@H](C(=O)Nc3ccccc3C(=O)NCCc3ccccc3)CC2=O)c1C. The monoisotopic (exact) mass is 455 g/mol. The molecule has 3 aromatic carbocycles. The quantitative estimate of drug-likeness (QED) is 0.559. The first-order chi connectivity index (χ1) is 16.4. The van der Waals surface area contributed by atoms with Crippen LogP contribution >= 0.6 is 0 Å². The minimum atomic E-state index is -0.485. The van der Waals surface area contributed by atoms with Gasteiger partial charge in [0.25, 0.3) is 5.91 Å². The Morgan fingerprint density at radius 2 is 1.68 bits per heavy atom. The molecule has 6 heteroatoms. The van der Waals surface area contributed by atoms with Gasteiger partial charge in [-0.2, -0.15) is 0 Å². The molecule has 0 spiro atoms. The van der Waals surface area contributed by atoms with Crippen LogP contribution in [-0.2, 0) is 16.0 Å². The normalized spacial score (nSPS) is 15.3. The highest BCUT2D eigenvalue weighted by Gasteiger charge is 2.36. The van der Waals surface area contributed by atoms with E-state index in [2.05, 4.69) is 10.6 Å². The van der Waals surface area contributed by atoms with Crippen molar-refractivity contribution in [3.8, 4) is 0 Å². The van der Waals surface area contributed by atoms with Crippen molar-refractivity contribution in [2.75, 3.05) is 23.3 Å². The Kier molecular flexibility index (Phi) is 7.07. The zero-order valence-corrected chi connectivity index (χ0v) is 19.5. The lowest BCUT2D eigenvalue weighted by Crippen LogP contribution is -2.30. The van der Waals surface area contributed by atoms with Crippen molar-refractivity contribution in [2.24, 2.45) is 5.92 Å². The summed E-state index contributed by atoms with van der Waals surface area (Å²) in [5, 5.41) is 5.81. The van der Waals surface area contributed by atoms with Gasteiger partial charge in [0.05, 0.1) is 17.2 Å². The van der Waals surface area contributed by atoms with Gasteiger partial charge in [0.15, 0.2) is 0 Å². The van der Waals surface area contributed by atoms with E-state index in [1.54, 1.807) is 29.2 Å². The number of hydrogen-bond donors (Lipinski definition) is 2. The largest absolute Gasteiger partial charge is 0.352 e. The third kappa shape index (κ3) is 5.17. The summed E-state index contributed by atoms with van der Waals surface area (Å²) in [7, 11) is 0. The van der Waals surface area contributed by atoms with Crippen LogP contribution in [0, 0.1) is 19.8 Å². The molecule has 0 aromatic heterocycles. The molecule has 1 aliphatic rings. The van der Waals surface area contributed by atoms with Crippen LogP contribution in [0.25, 0.3) is 0 Å². The number of para-hydroxylation sites is 1. The Hall–Kier alpha value is -3.93. The van der Waals surface area contributed by atoms with Crippen LogP contribution in [0.3, 0.4) is 0 Å². The first-order valence-corrected chi connectivity index (χ1v) is 11.5. The fraction of sp³-hybridized carbons (Fsp3) is 0.250. The Balaban J connectivity index is 1.40. The van der Waals surface area contributed by atoms with E-state index in [1.165, 1.54) is 0 Å². The summed E-state index contributed by atoms with van der Waals surface area (Å²) >= 11 is 0. The number of carbonyl (C=O) groups is 3. The highest BCUT2D eigenvalue weighted by Crippen LogP contribution is 2.30. The Labute approximate surface area is 200 Å². The summed E-state index contributed by atoms with van der Waals surface area (Å²) in [5.74, 6) is -1.06. The van der Waals surface area contributed by atoms with Crippen LogP contribution in [0.4, 0.5) is 11.4 Å². The van der Waals surface area contributed by atoms with Crippen molar-refractivity contribution in [3.63, 3.8) is 0 Å². The molecule has 1 heterocycles. The predicted octanol–water partition coefficient (Wildman–Crippen LogP) is 4.27. The molecule has 3 aromatic rings. The highest BCUT2D eigenvalue weighted by molar-refractivity contribution is 6.07. The predicted molar refractivity (Wildman–Crippen MR) is 134 cm³/mol. The van der Waals surface area contributed by atoms with Crippen molar-refractivity contribution in [3.05, 3.63) is 95.1 Å². The summed E-state index contributed by atoms with van der Waals surface area (Å²) in [5.41, 5.74) is 4.98. The zero-order valence-electron chi connectivity index (χ0n) is 19.5. The van der Waals surface area contributed by atoms with E-state index in [4.69, 9.17) is 0 Å². The van der Waals surface area contributed by atoms with E-state index in [0.717, 1.165) is 28.8 Å². The Morgan fingerprint density at radius 1 is 0.941 bits per heavy atom. The number of aryl methyl sites for hydroxylation is 1. The van der Waals surface area contributed by atoms with Crippen LogP contribution in [0.2, 0.25) is 0 Å². The maximum absolute atomic E-state index is 13.0. The summed E-state index contributed by atoms with van der Waals surface area (Å²) in [6.45, 7) is 4.80. The summed E-state index contributed by atoms with van der Waals surface area (Å²) in [6, 6.07) is 22.7. The van der Waals surface area contributed by atoms with Crippen molar-refractivity contribution in [1.29, 1.82) is 0 Å². The number of nitrogens with zero attached hydrogens (tertiary/aromatic N) is 1. The van der Waals surface area contributed by atoms with Crippen LogP contribution in [0.15, 0.2) is 72.8 Å². The van der Waals surface area contributed by atoms with Gasteiger partial charge in [-0.1, -0.05) is 54.6 Å². The van der Waals surface area contributed by atoms with E-state index >= 15 is 0 Å². The van der Waals surface area contributed by atoms with Crippen LogP contribution in [-0.4, -0.2) is 30.8 Å². The molecule has 1 fully saturated rings. The minimum absolute atomic E-state index is 0.0687. The molecule has 3 amide bonds. The fourth-order valence-electron chi connectivity index (χ4n) is 4.23. The lowest BCUT2D eigenvalue weighted by Gasteiger charge is -2.20. The average Bonchev–Trinajstić information content (AvgIpc) is 3.23. The van der Waals surface area contributed by atoms with E-state index in [-0.39, 0.29) is 24.1 Å². The van der Waals surface area contributed by atoms with Gasteiger partial charge in [-0.05, 0) is 55.2 Å². The molecular formula is C28H29N3O3. The van der Waals surface area contributed by atoms with Crippen molar-refractivity contribution in [2.45, 2.75) is 26.7 Å². The zero-order chi connectivity index (χ0) is 24.1. The van der Waals surface area contributed by atoms with Crippen LogP contribution in [0.1, 0.15) is 33.5 Å². The molecular weight excluding hydrogens is 426 g/mol. The van der Waals surface area contributed by atoms with Gasteiger partial charge in [-0.15, -0.1) is 0 Å². The topological polar surface area (TPSA) is 78.5 Å². The van der Waals surface area contributed by atoms with Gasteiger partial charge < -0.3 is 15.5 Å². The molecule has 0 unspecified atom stereocenters. The maximum Gasteiger partial charge on any atom is 0.253 e. The third-order valence-corrected chi connectivity index (χ3v) is 6.33. The number of amides is 3. The molecule has 0 bridgehead atoms. The third-order valence-electron chi connectivity index (χ3n) is 6.33. The second kappa shape index (κ2) is 10.3. The smallest absolute Gasteiger partial charge is 0.253 e. The van der Waals surface area contributed by atoms with Crippen molar-refractivity contribution >= 4 is 29.1 Å². The van der Waals surface area contributed by atoms with Crippen LogP contribution in [0.5, 0.6) is 0 Å². The summed E-state index contributed by atoms with van der Waals surface area (Å²) in [4.78, 5) is 40.2. The number of rotatable bonds is 7. The van der Waals surface area contributed by atoms with E-state index in [0.29, 0.717) is 24.3 Å². The number of hydrogen-bond acceptors (Lipinski definition) is 3. The molecule has 1 atom stereocenters. The molecule has 1 aliphatic heterocycles. The lowest BCUT2D eigenvalue weighted by atomic mass is 10.1.